The Balaban J connectivity index is 1.94. The number of hydrogen-bond acceptors (Lipinski definition) is 5. The maximum absolute atomic E-state index is 12.6. The number of hydrogen-bond donors (Lipinski definition) is 2. The first-order chi connectivity index (χ1) is 11.7. The van der Waals surface area contributed by atoms with Crippen LogP contribution in [0.4, 0.5) is 5.82 Å². The lowest BCUT2D eigenvalue weighted by Gasteiger charge is -2.21. The quantitative estimate of drug-likeness (QED) is 0.909. The predicted molar refractivity (Wildman–Crippen MR) is 88.4 cm³/mol. The van der Waals surface area contributed by atoms with Gasteiger partial charge in [0.05, 0.1) is 23.4 Å². The fraction of sp³-hybridized carbons (Fsp3) is 0.294. The zero-order valence-corrected chi connectivity index (χ0v) is 13.2. The van der Waals surface area contributed by atoms with Crippen molar-refractivity contribution < 1.29 is 0 Å². The number of nitrogens with one attached hydrogen (secondary N) is 2. The van der Waals surface area contributed by atoms with Gasteiger partial charge in [-0.25, -0.2) is 4.79 Å². The van der Waals surface area contributed by atoms with E-state index < -0.39 is 0 Å². The Morgan fingerprint density at radius 2 is 2.29 bits per heavy atom. The molecule has 0 saturated heterocycles. The molecule has 1 aromatic carbocycles. The van der Waals surface area contributed by atoms with E-state index in [-0.39, 0.29) is 17.8 Å². The molecule has 2 unspecified atom stereocenters. The standard InChI is InChI=1S/C17H16N6O/c1-10-4-2-6-13(11(10)5-3-8-18)23-14-12-7-9-19-15(12)21-22-16(14)20-17(23)24/h2,4,6-7,9,12,15,19H,3,5H2,1H3,(H,20,24). The molecule has 2 N–H and O–H groups in total. The molecule has 0 aliphatic carbocycles. The van der Waals surface area contributed by atoms with Gasteiger partial charge in [-0.3, -0.25) is 9.55 Å². The normalized spacial score (nSPS) is 20.3. The van der Waals surface area contributed by atoms with Crippen molar-refractivity contribution in [1.82, 2.24) is 14.9 Å². The third-order valence-electron chi connectivity index (χ3n) is 4.53. The van der Waals surface area contributed by atoms with Crippen molar-refractivity contribution in [2.24, 2.45) is 10.2 Å². The molecule has 0 spiro atoms. The maximum Gasteiger partial charge on any atom is 0.332 e. The number of nitrogens with zero attached hydrogens (tertiary/aromatic N) is 4. The summed E-state index contributed by atoms with van der Waals surface area (Å²) in [6.45, 7) is 2.00. The number of azo groups is 1. The van der Waals surface area contributed by atoms with Crippen molar-refractivity contribution in [1.29, 1.82) is 5.26 Å². The third kappa shape index (κ3) is 2.07. The van der Waals surface area contributed by atoms with Crippen LogP contribution in [-0.4, -0.2) is 15.7 Å². The molecule has 120 valence electrons. The van der Waals surface area contributed by atoms with Gasteiger partial charge in [0.25, 0.3) is 0 Å². The van der Waals surface area contributed by atoms with Crippen molar-refractivity contribution in [3.8, 4) is 11.8 Å². The second-order valence-electron chi connectivity index (χ2n) is 5.94. The van der Waals surface area contributed by atoms with Gasteiger partial charge in [-0.2, -0.15) is 10.4 Å². The molecule has 7 heteroatoms. The first kappa shape index (κ1) is 14.5. The summed E-state index contributed by atoms with van der Waals surface area (Å²) < 4.78 is 1.68. The number of aromatic nitrogens is 2. The molecule has 7 nitrogen and oxygen atoms in total. The highest BCUT2D eigenvalue weighted by molar-refractivity contribution is 5.53. The number of rotatable bonds is 3. The average Bonchev–Trinajstić information content (AvgIpc) is 3.16. The van der Waals surface area contributed by atoms with Crippen LogP contribution in [0.5, 0.6) is 0 Å². The van der Waals surface area contributed by atoms with Crippen LogP contribution in [-0.2, 0) is 6.42 Å². The summed E-state index contributed by atoms with van der Waals surface area (Å²) >= 11 is 0. The number of imidazole rings is 1. The average molecular weight is 320 g/mol. The molecule has 2 aromatic rings. The van der Waals surface area contributed by atoms with E-state index >= 15 is 0 Å². The molecule has 2 aliphatic heterocycles. The summed E-state index contributed by atoms with van der Waals surface area (Å²) in [6, 6.07) is 8.03. The monoisotopic (exact) mass is 320 g/mol. The minimum Gasteiger partial charge on any atom is -0.368 e. The lowest BCUT2D eigenvalue weighted by molar-refractivity contribution is 0.539. The summed E-state index contributed by atoms with van der Waals surface area (Å²) in [5.74, 6) is 0.461. The van der Waals surface area contributed by atoms with Crippen molar-refractivity contribution in [3.05, 3.63) is 57.8 Å². The Morgan fingerprint density at radius 1 is 1.42 bits per heavy atom. The number of fused-ring (bicyclic) bond motifs is 3. The highest BCUT2D eigenvalue weighted by Crippen LogP contribution is 2.37. The molecular formula is C17H16N6O. The third-order valence-corrected chi connectivity index (χ3v) is 4.53. The number of H-pyrrole nitrogens is 1. The molecule has 2 atom stereocenters. The van der Waals surface area contributed by atoms with Crippen LogP contribution >= 0.6 is 0 Å². The lowest BCUT2D eigenvalue weighted by atomic mass is 9.99. The van der Waals surface area contributed by atoms with Crippen LogP contribution < -0.4 is 11.0 Å². The van der Waals surface area contributed by atoms with E-state index in [0.717, 1.165) is 22.5 Å². The van der Waals surface area contributed by atoms with Gasteiger partial charge in [0.15, 0.2) is 12.0 Å². The maximum atomic E-state index is 12.6. The topological polar surface area (TPSA) is 98.3 Å². The summed E-state index contributed by atoms with van der Waals surface area (Å²) in [6.07, 6.45) is 4.68. The Morgan fingerprint density at radius 3 is 3.12 bits per heavy atom. The van der Waals surface area contributed by atoms with Crippen molar-refractivity contribution in [2.75, 3.05) is 0 Å². The molecule has 3 heterocycles. The number of nitriles is 1. The van der Waals surface area contributed by atoms with Gasteiger partial charge < -0.3 is 5.32 Å². The molecule has 0 radical (unpaired) electrons. The van der Waals surface area contributed by atoms with E-state index in [1.165, 1.54) is 0 Å². The van der Waals surface area contributed by atoms with E-state index in [4.69, 9.17) is 5.26 Å². The number of aromatic amines is 1. The van der Waals surface area contributed by atoms with Crippen LogP contribution in [0.2, 0.25) is 0 Å². The Hall–Kier alpha value is -3.14. The van der Waals surface area contributed by atoms with E-state index in [2.05, 4.69) is 26.6 Å². The molecule has 0 fully saturated rings. The summed E-state index contributed by atoms with van der Waals surface area (Å²) in [4.78, 5) is 15.4. The van der Waals surface area contributed by atoms with Gasteiger partial charge in [-0.05, 0) is 36.7 Å². The van der Waals surface area contributed by atoms with Crippen LogP contribution in [0.1, 0.15) is 29.2 Å². The Kier molecular flexibility index (Phi) is 3.31. The minimum atomic E-state index is -0.233. The molecule has 0 saturated carbocycles. The fourth-order valence-corrected chi connectivity index (χ4v) is 3.39. The fourth-order valence-electron chi connectivity index (χ4n) is 3.39. The summed E-state index contributed by atoms with van der Waals surface area (Å²) in [5.41, 5.74) is 3.47. The van der Waals surface area contributed by atoms with Crippen molar-refractivity contribution in [2.45, 2.75) is 31.8 Å². The summed E-state index contributed by atoms with van der Waals surface area (Å²) in [7, 11) is 0. The summed E-state index contributed by atoms with van der Waals surface area (Å²) in [5, 5.41) is 20.4. The molecular weight excluding hydrogens is 304 g/mol. The number of benzene rings is 1. The Labute approximate surface area is 138 Å². The molecule has 0 bridgehead atoms. The largest absolute Gasteiger partial charge is 0.368 e. The van der Waals surface area contributed by atoms with Crippen LogP contribution in [0.15, 0.2) is 45.5 Å². The first-order valence-corrected chi connectivity index (χ1v) is 7.85. The van der Waals surface area contributed by atoms with Gasteiger partial charge >= 0.3 is 5.69 Å². The zero-order valence-electron chi connectivity index (χ0n) is 13.2. The highest BCUT2D eigenvalue weighted by atomic mass is 16.1. The van der Waals surface area contributed by atoms with Crippen molar-refractivity contribution >= 4 is 5.82 Å². The minimum absolute atomic E-state index is 0.0409. The number of aryl methyl sites for hydroxylation is 1. The van der Waals surface area contributed by atoms with Gasteiger partial charge in [-0.15, -0.1) is 5.11 Å². The highest BCUT2D eigenvalue weighted by Gasteiger charge is 2.34. The van der Waals surface area contributed by atoms with Gasteiger partial charge in [-0.1, -0.05) is 18.2 Å². The second-order valence-corrected chi connectivity index (χ2v) is 5.94. The zero-order chi connectivity index (χ0) is 16.7. The van der Waals surface area contributed by atoms with Crippen molar-refractivity contribution in [3.63, 3.8) is 0 Å². The van der Waals surface area contributed by atoms with Gasteiger partial charge in [0.1, 0.15) is 0 Å². The molecule has 2 aliphatic rings. The predicted octanol–water partition coefficient (Wildman–Crippen LogP) is 2.55. The van der Waals surface area contributed by atoms with E-state index in [1.807, 2.05) is 37.4 Å². The van der Waals surface area contributed by atoms with Crippen LogP contribution in [0.3, 0.4) is 0 Å². The SMILES string of the molecule is Cc1cccc(-n2c3c([nH]c2=O)N=NC2NC=CC32)c1CCC#N. The van der Waals surface area contributed by atoms with E-state index in [1.54, 1.807) is 4.57 Å². The first-order valence-electron chi connectivity index (χ1n) is 7.85. The van der Waals surface area contributed by atoms with E-state index in [9.17, 15) is 4.79 Å². The Bertz CT molecular complexity index is 958. The van der Waals surface area contributed by atoms with Crippen LogP contribution in [0.25, 0.3) is 5.69 Å². The molecule has 0 amide bonds. The van der Waals surface area contributed by atoms with E-state index in [0.29, 0.717) is 18.7 Å². The van der Waals surface area contributed by atoms with Gasteiger partial charge in [0, 0.05) is 6.42 Å². The second kappa shape index (κ2) is 5.49. The smallest absolute Gasteiger partial charge is 0.332 e. The van der Waals surface area contributed by atoms with Gasteiger partial charge in [0.2, 0.25) is 0 Å². The van der Waals surface area contributed by atoms with Crippen LogP contribution in [0, 0.1) is 18.3 Å². The lowest BCUT2D eigenvalue weighted by Crippen LogP contribution is -2.27. The molecule has 1 aromatic heterocycles. The molecule has 24 heavy (non-hydrogen) atoms. The molecule has 4 rings (SSSR count).